The van der Waals surface area contributed by atoms with Gasteiger partial charge >= 0.3 is 11.9 Å². The number of rotatable bonds is 7. The zero-order valence-corrected chi connectivity index (χ0v) is 21.2. The summed E-state index contributed by atoms with van der Waals surface area (Å²) in [6.07, 6.45) is 0. The van der Waals surface area contributed by atoms with Crippen molar-refractivity contribution in [1.82, 2.24) is 4.57 Å². The summed E-state index contributed by atoms with van der Waals surface area (Å²) >= 11 is 6.56. The number of aromatic nitrogens is 1. The molecule has 3 aromatic rings. The third-order valence-corrected chi connectivity index (χ3v) is 9.04. The number of benzene rings is 2. The molecule has 170 valence electrons. The van der Waals surface area contributed by atoms with E-state index < -0.39 is 8.07 Å². The molecule has 0 amide bonds. The average molecular weight is 472 g/mol. The van der Waals surface area contributed by atoms with E-state index >= 15 is 0 Å². The summed E-state index contributed by atoms with van der Waals surface area (Å²) in [5.41, 5.74) is 3.92. The lowest BCUT2D eigenvalue weighted by Crippen LogP contribution is -2.29. The molecule has 0 N–H and O–H groups in total. The van der Waals surface area contributed by atoms with Crippen LogP contribution < -0.4 is 4.74 Å². The first-order chi connectivity index (χ1) is 15.0. The van der Waals surface area contributed by atoms with Gasteiger partial charge in [0.25, 0.3) is 0 Å². The van der Waals surface area contributed by atoms with Crippen molar-refractivity contribution in [3.63, 3.8) is 0 Å². The highest BCUT2D eigenvalue weighted by Gasteiger charge is 2.26. The fraction of sp³-hybridized carbons (Fsp3) is 0.360. The van der Waals surface area contributed by atoms with Gasteiger partial charge in [0.1, 0.15) is 11.4 Å². The minimum atomic E-state index is -1.44. The Morgan fingerprint density at radius 3 is 2.44 bits per heavy atom. The molecule has 1 atom stereocenters. The number of nitrogens with zero attached hydrogens (tertiary/aromatic N) is 1. The molecule has 0 spiro atoms. The highest BCUT2D eigenvalue weighted by atomic mass is 35.5. The van der Waals surface area contributed by atoms with Gasteiger partial charge in [-0.05, 0) is 53.9 Å². The zero-order chi connectivity index (χ0) is 23.6. The minimum absolute atomic E-state index is 0.290. The van der Waals surface area contributed by atoms with Gasteiger partial charge in [-0.15, -0.1) is 0 Å². The van der Waals surface area contributed by atoms with Crippen LogP contribution in [0.5, 0.6) is 5.75 Å². The predicted molar refractivity (Wildman–Crippen MR) is 132 cm³/mol. The molecule has 3 rings (SSSR count). The Hall–Kier alpha value is -2.57. The summed E-state index contributed by atoms with van der Waals surface area (Å²) in [7, 11) is -1.44. The summed E-state index contributed by atoms with van der Waals surface area (Å²) in [5.74, 6) is -0.336. The number of carbonyl (C=O) groups excluding carboxylic acids is 2. The highest BCUT2D eigenvalue weighted by molar-refractivity contribution is 6.77. The van der Waals surface area contributed by atoms with Crippen molar-refractivity contribution in [2.45, 2.75) is 52.5 Å². The molecule has 0 radical (unpaired) electrons. The van der Waals surface area contributed by atoms with Crippen LogP contribution in [0.15, 0.2) is 42.5 Å². The zero-order valence-electron chi connectivity index (χ0n) is 19.5. The van der Waals surface area contributed by atoms with Crippen LogP contribution in [0.4, 0.5) is 0 Å². The maximum absolute atomic E-state index is 12.7. The van der Waals surface area contributed by atoms with Crippen molar-refractivity contribution in [3.8, 4) is 5.75 Å². The number of hydrogen-bond acceptors (Lipinski definition) is 4. The van der Waals surface area contributed by atoms with E-state index in [1.807, 2.05) is 22.8 Å². The summed E-state index contributed by atoms with van der Waals surface area (Å²) in [6.45, 7) is 13.2. The van der Waals surface area contributed by atoms with Gasteiger partial charge in [0.15, 0.2) is 0 Å². The number of fused-ring (bicyclic) bond motifs is 1. The monoisotopic (exact) mass is 471 g/mol. The van der Waals surface area contributed by atoms with E-state index in [1.165, 1.54) is 6.92 Å². The van der Waals surface area contributed by atoms with Gasteiger partial charge in [-0.3, -0.25) is 4.79 Å². The van der Waals surface area contributed by atoms with Crippen LogP contribution in [0.1, 0.15) is 47.9 Å². The van der Waals surface area contributed by atoms with Crippen LogP contribution in [0.25, 0.3) is 10.9 Å². The fourth-order valence-corrected chi connectivity index (χ4v) is 5.24. The second kappa shape index (κ2) is 9.51. The van der Waals surface area contributed by atoms with E-state index in [9.17, 15) is 9.59 Å². The molecular formula is C25H30ClNO4Si. The van der Waals surface area contributed by atoms with Crippen LogP contribution in [0.2, 0.25) is 24.7 Å². The first-order valence-corrected chi connectivity index (χ1v) is 14.7. The van der Waals surface area contributed by atoms with Crippen LogP contribution in [0, 0.1) is 0 Å². The lowest BCUT2D eigenvalue weighted by Gasteiger charge is -2.27. The lowest BCUT2D eigenvalue weighted by molar-refractivity contribution is -0.131. The van der Waals surface area contributed by atoms with E-state index in [0.29, 0.717) is 23.5 Å². The first-order valence-electron chi connectivity index (χ1n) is 10.8. The van der Waals surface area contributed by atoms with Gasteiger partial charge in [0.2, 0.25) is 0 Å². The van der Waals surface area contributed by atoms with Crippen LogP contribution in [0.3, 0.4) is 0 Å². The summed E-state index contributed by atoms with van der Waals surface area (Å²) in [5, 5.41) is 1.58. The van der Waals surface area contributed by atoms with Gasteiger partial charge < -0.3 is 14.0 Å². The molecule has 1 unspecified atom stereocenters. The molecule has 0 bridgehead atoms. The Morgan fingerprint density at radius 2 is 1.81 bits per heavy atom. The molecule has 2 aromatic carbocycles. The molecule has 32 heavy (non-hydrogen) atoms. The summed E-state index contributed by atoms with van der Waals surface area (Å²) in [6, 6.07) is 13.2. The molecule has 7 heteroatoms. The molecule has 0 aliphatic heterocycles. The number of esters is 2. The Labute approximate surface area is 195 Å². The van der Waals surface area contributed by atoms with Crippen molar-refractivity contribution in [2.75, 3.05) is 6.61 Å². The Bertz CT molecular complexity index is 1160. The van der Waals surface area contributed by atoms with E-state index in [2.05, 4.69) is 32.6 Å². The molecule has 5 nitrogen and oxygen atoms in total. The molecule has 0 aliphatic carbocycles. The Kier molecular flexibility index (Phi) is 7.15. The Balaban J connectivity index is 2.08. The smallest absolute Gasteiger partial charge is 0.354 e. The number of ether oxygens (including phenoxy) is 2. The second-order valence-corrected chi connectivity index (χ2v) is 15.1. The van der Waals surface area contributed by atoms with Crippen molar-refractivity contribution < 1.29 is 19.1 Å². The standard InChI is InChI=1S/C25H30ClNO4Si/c1-7-30-25(29)24-14-19-13-20(31-17(3)28)9-11-23(19)27(24)15-18-8-10-22(26)21(12-18)16(2)32(4,5)6/h8-14,16H,7,15H2,1-6H3. The maximum Gasteiger partial charge on any atom is 0.354 e. The van der Waals surface area contributed by atoms with E-state index in [0.717, 1.165) is 27.1 Å². The highest BCUT2D eigenvalue weighted by Crippen LogP contribution is 2.33. The lowest BCUT2D eigenvalue weighted by atomic mass is 10.1. The number of halogens is 1. The third-order valence-electron chi connectivity index (χ3n) is 5.79. The first kappa shape index (κ1) is 24.1. The van der Waals surface area contributed by atoms with Gasteiger partial charge in [-0.25, -0.2) is 4.79 Å². The second-order valence-electron chi connectivity index (χ2n) is 9.09. The molecule has 1 heterocycles. The molecule has 0 fully saturated rings. The third kappa shape index (κ3) is 5.25. The molecular weight excluding hydrogens is 442 g/mol. The van der Waals surface area contributed by atoms with Crippen LogP contribution in [-0.2, 0) is 16.1 Å². The van der Waals surface area contributed by atoms with E-state index in [1.54, 1.807) is 25.1 Å². The summed E-state index contributed by atoms with van der Waals surface area (Å²) in [4.78, 5) is 24.0. The quantitative estimate of drug-likeness (QED) is 0.226. The van der Waals surface area contributed by atoms with Gasteiger partial charge in [-0.2, -0.15) is 0 Å². The van der Waals surface area contributed by atoms with Crippen molar-refractivity contribution in [1.29, 1.82) is 0 Å². The number of hydrogen-bond donors (Lipinski definition) is 0. The van der Waals surface area contributed by atoms with Crippen LogP contribution in [-0.4, -0.2) is 31.2 Å². The fourth-order valence-electron chi connectivity index (χ4n) is 3.70. The van der Waals surface area contributed by atoms with Crippen molar-refractivity contribution in [2.24, 2.45) is 0 Å². The summed E-state index contributed by atoms with van der Waals surface area (Å²) < 4.78 is 12.4. The van der Waals surface area contributed by atoms with E-state index in [4.69, 9.17) is 21.1 Å². The Morgan fingerprint density at radius 1 is 1.09 bits per heavy atom. The normalized spacial score (nSPS) is 12.6. The molecule has 0 aliphatic rings. The largest absolute Gasteiger partial charge is 0.461 e. The number of carbonyl (C=O) groups is 2. The van der Waals surface area contributed by atoms with Gasteiger partial charge in [0, 0.05) is 29.4 Å². The van der Waals surface area contributed by atoms with Gasteiger partial charge in [0.05, 0.1) is 14.7 Å². The molecule has 1 aromatic heterocycles. The van der Waals surface area contributed by atoms with Crippen LogP contribution >= 0.6 is 11.6 Å². The molecule has 0 saturated carbocycles. The SMILES string of the molecule is CCOC(=O)c1cc2cc(OC(C)=O)ccc2n1Cc1ccc(Cl)c(C(C)[Si](C)(C)C)c1. The molecule has 0 saturated heterocycles. The topological polar surface area (TPSA) is 57.5 Å². The minimum Gasteiger partial charge on any atom is -0.461 e. The van der Waals surface area contributed by atoms with Crippen molar-refractivity contribution in [3.05, 3.63) is 64.3 Å². The van der Waals surface area contributed by atoms with E-state index in [-0.39, 0.29) is 18.5 Å². The average Bonchev–Trinajstić information content (AvgIpc) is 3.05. The van der Waals surface area contributed by atoms with Gasteiger partial charge in [-0.1, -0.05) is 50.3 Å². The maximum atomic E-state index is 12.7. The van der Waals surface area contributed by atoms with Crippen molar-refractivity contribution >= 4 is 42.5 Å². The predicted octanol–water partition coefficient (Wildman–Crippen LogP) is 6.43.